The Kier molecular flexibility index (Phi) is 3.55. The minimum absolute atomic E-state index is 2.39. The van der Waals surface area contributed by atoms with Crippen molar-refractivity contribution in [2.75, 3.05) is 0 Å². The lowest BCUT2D eigenvalue weighted by molar-refractivity contribution is -0.557. The summed E-state index contributed by atoms with van der Waals surface area (Å²) in [5.41, 5.74) is -7.17. The van der Waals surface area contributed by atoms with E-state index in [2.05, 4.69) is 9.47 Å². The van der Waals surface area contributed by atoms with Crippen molar-refractivity contribution in [3.8, 4) is 0 Å². The molecular formula is C7F12O2. The van der Waals surface area contributed by atoms with E-state index >= 15 is 0 Å². The van der Waals surface area contributed by atoms with Crippen molar-refractivity contribution >= 4 is 0 Å². The largest absolute Gasteiger partial charge is 0.434 e. The first-order chi connectivity index (χ1) is 9.01. The van der Waals surface area contributed by atoms with Crippen molar-refractivity contribution in [3.63, 3.8) is 0 Å². The smallest absolute Gasteiger partial charge is 0.395 e. The molecule has 0 N–H and O–H groups in total. The SMILES string of the molecule is FC(F)=C1OC(F)(F)C(C(F)(F)F)(C(F)(F)F)C(F)(F)O1. The fourth-order valence-corrected chi connectivity index (χ4v) is 1.47. The van der Waals surface area contributed by atoms with Gasteiger partial charge in [0.05, 0.1) is 0 Å². The maximum absolute atomic E-state index is 13.0. The molecule has 0 radical (unpaired) electrons. The van der Waals surface area contributed by atoms with Gasteiger partial charge >= 0.3 is 42.0 Å². The molecule has 0 unspecified atom stereocenters. The van der Waals surface area contributed by atoms with Crippen LogP contribution in [0.5, 0.6) is 0 Å². The molecule has 1 fully saturated rings. The van der Waals surface area contributed by atoms with Crippen LogP contribution < -0.4 is 0 Å². The first kappa shape index (κ1) is 17.6. The molecule has 0 saturated carbocycles. The molecule has 1 aliphatic heterocycles. The molecule has 0 aromatic heterocycles. The molecule has 0 aromatic rings. The highest BCUT2D eigenvalue weighted by molar-refractivity contribution is 5.10. The van der Waals surface area contributed by atoms with E-state index in [1.54, 1.807) is 0 Å². The van der Waals surface area contributed by atoms with Gasteiger partial charge in [0, 0.05) is 0 Å². The van der Waals surface area contributed by atoms with Crippen LogP contribution >= 0.6 is 0 Å². The summed E-state index contributed by atoms with van der Waals surface area (Å²) in [6.45, 7) is 0. The Balaban J connectivity index is 3.75. The number of alkyl halides is 10. The second-order valence-corrected chi connectivity index (χ2v) is 3.53. The van der Waals surface area contributed by atoms with E-state index in [1.165, 1.54) is 0 Å². The average molecular weight is 344 g/mol. The summed E-state index contributed by atoms with van der Waals surface area (Å²) in [7, 11) is 0. The van der Waals surface area contributed by atoms with Gasteiger partial charge in [0.2, 0.25) is 0 Å². The van der Waals surface area contributed by atoms with Crippen LogP contribution in [0.1, 0.15) is 0 Å². The Labute approximate surface area is 105 Å². The number of ether oxygens (including phenoxy) is 2. The molecule has 0 aromatic carbocycles. The van der Waals surface area contributed by atoms with Crippen molar-refractivity contribution in [3.05, 3.63) is 12.0 Å². The van der Waals surface area contributed by atoms with Gasteiger partial charge in [0.25, 0.3) is 0 Å². The summed E-state index contributed by atoms with van der Waals surface area (Å²) in [6, 6.07) is 0. The average Bonchev–Trinajstić information content (AvgIpc) is 2.07. The molecule has 21 heavy (non-hydrogen) atoms. The van der Waals surface area contributed by atoms with E-state index in [0.29, 0.717) is 0 Å². The first-order valence-electron chi connectivity index (χ1n) is 4.33. The van der Waals surface area contributed by atoms with E-state index in [4.69, 9.17) is 0 Å². The van der Waals surface area contributed by atoms with Gasteiger partial charge in [-0.15, -0.1) is 0 Å². The van der Waals surface area contributed by atoms with Gasteiger partial charge in [-0.2, -0.15) is 52.7 Å². The molecular weight excluding hydrogens is 344 g/mol. The lowest BCUT2D eigenvalue weighted by Crippen LogP contribution is -2.73. The Morgan fingerprint density at radius 2 is 1.00 bits per heavy atom. The molecule has 0 spiro atoms. The fraction of sp³-hybridized carbons (Fsp3) is 0.714. The standard InChI is InChI=1S/C7F12O2/c8-1(9)2-20-6(16,17)3(4(10,11)12,5(13,14)15)7(18,19)21-2. The highest BCUT2D eigenvalue weighted by Crippen LogP contribution is 2.69. The number of hydrogen-bond donors (Lipinski definition) is 0. The predicted molar refractivity (Wildman–Crippen MR) is 35.8 cm³/mol. The lowest BCUT2D eigenvalue weighted by Gasteiger charge is -2.47. The molecule has 1 heterocycles. The molecule has 1 aliphatic rings. The van der Waals surface area contributed by atoms with Crippen molar-refractivity contribution in [1.29, 1.82) is 0 Å². The van der Waals surface area contributed by atoms with E-state index in [1.807, 2.05) is 0 Å². The molecule has 0 bridgehead atoms. The van der Waals surface area contributed by atoms with Crippen molar-refractivity contribution in [2.45, 2.75) is 24.6 Å². The predicted octanol–water partition coefficient (Wildman–Crippen LogP) is 4.40. The second-order valence-electron chi connectivity index (χ2n) is 3.53. The summed E-state index contributed by atoms with van der Waals surface area (Å²) in [5, 5.41) is 0. The van der Waals surface area contributed by atoms with E-state index in [9.17, 15) is 52.7 Å². The Bertz CT molecular complexity index is 417. The topological polar surface area (TPSA) is 18.5 Å². The van der Waals surface area contributed by atoms with Crippen LogP contribution in [-0.2, 0) is 9.47 Å². The fourth-order valence-electron chi connectivity index (χ4n) is 1.47. The Hall–Kier alpha value is -1.50. The maximum atomic E-state index is 13.0. The van der Waals surface area contributed by atoms with Crippen LogP contribution in [-0.4, -0.2) is 24.6 Å². The van der Waals surface area contributed by atoms with Crippen LogP contribution in [0.25, 0.3) is 0 Å². The number of rotatable bonds is 0. The Morgan fingerprint density at radius 3 is 1.19 bits per heavy atom. The van der Waals surface area contributed by atoms with Crippen LogP contribution in [0.3, 0.4) is 0 Å². The van der Waals surface area contributed by atoms with Gasteiger partial charge in [-0.05, 0) is 0 Å². The molecule has 124 valence electrons. The summed E-state index contributed by atoms with van der Waals surface area (Å²) in [5.74, 6) is -3.14. The Morgan fingerprint density at radius 1 is 0.714 bits per heavy atom. The third-order valence-corrected chi connectivity index (χ3v) is 2.32. The minimum atomic E-state index is -7.35. The summed E-state index contributed by atoms with van der Waals surface area (Å²) < 4.78 is 155. The highest BCUT2D eigenvalue weighted by Gasteiger charge is 2.97. The van der Waals surface area contributed by atoms with E-state index in [-0.39, 0.29) is 0 Å². The van der Waals surface area contributed by atoms with Crippen molar-refractivity contribution in [1.82, 2.24) is 0 Å². The quantitative estimate of drug-likeness (QED) is 0.607. The maximum Gasteiger partial charge on any atom is 0.434 e. The molecule has 0 aliphatic carbocycles. The van der Waals surface area contributed by atoms with Crippen LogP contribution in [0.2, 0.25) is 0 Å². The molecule has 1 saturated heterocycles. The van der Waals surface area contributed by atoms with Gasteiger partial charge in [-0.25, -0.2) is 0 Å². The van der Waals surface area contributed by atoms with Gasteiger partial charge in [0.1, 0.15) is 0 Å². The molecule has 0 atom stereocenters. The third-order valence-electron chi connectivity index (χ3n) is 2.32. The van der Waals surface area contributed by atoms with Crippen LogP contribution in [0.15, 0.2) is 12.0 Å². The monoisotopic (exact) mass is 344 g/mol. The van der Waals surface area contributed by atoms with E-state index < -0.39 is 42.0 Å². The zero-order chi connectivity index (χ0) is 17.1. The number of hydrogen-bond acceptors (Lipinski definition) is 2. The molecule has 2 nitrogen and oxygen atoms in total. The third kappa shape index (κ3) is 2.14. The van der Waals surface area contributed by atoms with Crippen LogP contribution in [0.4, 0.5) is 52.7 Å². The number of halogens is 12. The second kappa shape index (κ2) is 4.25. The van der Waals surface area contributed by atoms with Crippen molar-refractivity contribution in [2.24, 2.45) is 5.41 Å². The molecule has 1 rings (SSSR count). The summed E-state index contributed by atoms with van der Waals surface area (Å²) in [4.78, 5) is 0. The van der Waals surface area contributed by atoms with Crippen LogP contribution in [0, 0.1) is 5.41 Å². The zero-order valence-corrected chi connectivity index (χ0v) is 8.85. The van der Waals surface area contributed by atoms with E-state index in [0.717, 1.165) is 0 Å². The highest BCUT2D eigenvalue weighted by atomic mass is 19.4. The van der Waals surface area contributed by atoms with Gasteiger partial charge in [0.15, 0.2) is 0 Å². The molecule has 0 amide bonds. The lowest BCUT2D eigenvalue weighted by atomic mass is 9.82. The zero-order valence-electron chi connectivity index (χ0n) is 8.85. The summed E-state index contributed by atoms with van der Waals surface area (Å²) >= 11 is 0. The first-order valence-corrected chi connectivity index (χ1v) is 4.33. The normalized spacial score (nSPS) is 24.1. The van der Waals surface area contributed by atoms with Gasteiger partial charge in [-0.1, -0.05) is 0 Å². The van der Waals surface area contributed by atoms with Gasteiger partial charge in [-0.3, -0.25) is 0 Å². The van der Waals surface area contributed by atoms with Crippen molar-refractivity contribution < 1.29 is 62.2 Å². The summed E-state index contributed by atoms with van der Waals surface area (Å²) in [6.07, 6.45) is -31.9. The van der Waals surface area contributed by atoms with Gasteiger partial charge < -0.3 is 9.47 Å². The molecule has 14 heteroatoms. The minimum Gasteiger partial charge on any atom is -0.395 e.